The van der Waals surface area contributed by atoms with E-state index in [1.54, 1.807) is 0 Å². The fraction of sp³-hybridized carbons (Fsp3) is 0.478. The fourth-order valence-corrected chi connectivity index (χ4v) is 4.98. The molecule has 3 rings (SSSR count). The van der Waals surface area contributed by atoms with E-state index in [1.807, 2.05) is 42.5 Å². The molecule has 3 atom stereocenters. The van der Waals surface area contributed by atoms with Crippen LogP contribution in [0, 0.1) is 5.92 Å². The molecular weight excluding hydrogens is 377 g/mol. The van der Waals surface area contributed by atoms with Crippen LogP contribution in [0.5, 0.6) is 0 Å². The molecular formula is C23H29Cl2NO. The number of rotatable bonds is 6. The Bertz CT molecular complexity index is 764. The first-order valence-corrected chi connectivity index (χ1v) is 10.5. The van der Waals surface area contributed by atoms with E-state index in [4.69, 9.17) is 23.2 Å². The van der Waals surface area contributed by atoms with Crippen molar-refractivity contribution in [3.8, 4) is 0 Å². The van der Waals surface area contributed by atoms with Crippen molar-refractivity contribution < 1.29 is 5.11 Å². The minimum atomic E-state index is -0.751. The van der Waals surface area contributed by atoms with Crippen molar-refractivity contribution in [3.63, 3.8) is 0 Å². The van der Waals surface area contributed by atoms with E-state index in [0.29, 0.717) is 6.42 Å². The van der Waals surface area contributed by atoms with Gasteiger partial charge in [-0.2, -0.15) is 0 Å². The number of hydrogen-bond donors (Lipinski definition) is 1. The predicted octanol–water partition coefficient (Wildman–Crippen LogP) is 5.63. The van der Waals surface area contributed by atoms with Gasteiger partial charge in [0, 0.05) is 28.4 Å². The average Bonchev–Trinajstić information content (AvgIpc) is 2.63. The highest BCUT2D eigenvalue weighted by atomic mass is 35.5. The summed E-state index contributed by atoms with van der Waals surface area (Å²) in [5, 5.41) is 13.3. The van der Waals surface area contributed by atoms with Gasteiger partial charge in [0.15, 0.2) is 0 Å². The number of benzene rings is 2. The topological polar surface area (TPSA) is 23.5 Å². The summed E-state index contributed by atoms with van der Waals surface area (Å²) in [6.07, 6.45) is 5.49. The normalized spacial score (nSPS) is 24.1. The third kappa shape index (κ3) is 4.86. The molecule has 0 aliphatic heterocycles. The second-order valence-electron chi connectivity index (χ2n) is 8.05. The largest absolute Gasteiger partial charge is 0.389 e. The highest BCUT2D eigenvalue weighted by Gasteiger charge is 2.44. The van der Waals surface area contributed by atoms with Gasteiger partial charge in [0.1, 0.15) is 0 Å². The van der Waals surface area contributed by atoms with Crippen LogP contribution >= 0.6 is 23.2 Å². The van der Waals surface area contributed by atoms with Crippen molar-refractivity contribution in [3.05, 3.63) is 69.7 Å². The maximum atomic E-state index is 11.8. The van der Waals surface area contributed by atoms with Crippen molar-refractivity contribution in [2.24, 2.45) is 5.92 Å². The van der Waals surface area contributed by atoms with E-state index < -0.39 is 5.60 Å². The molecule has 1 N–H and O–H groups in total. The van der Waals surface area contributed by atoms with Crippen LogP contribution in [0.1, 0.15) is 36.8 Å². The maximum Gasteiger partial charge on any atom is 0.0731 e. The van der Waals surface area contributed by atoms with Crippen LogP contribution in [0.4, 0.5) is 0 Å². The molecule has 0 saturated heterocycles. The van der Waals surface area contributed by atoms with Crippen LogP contribution < -0.4 is 0 Å². The molecule has 27 heavy (non-hydrogen) atoms. The van der Waals surface area contributed by atoms with Crippen LogP contribution in [0.25, 0.3) is 0 Å². The van der Waals surface area contributed by atoms with Gasteiger partial charge in [0.05, 0.1) is 5.60 Å². The average molecular weight is 406 g/mol. The van der Waals surface area contributed by atoms with Crippen molar-refractivity contribution in [1.82, 2.24) is 4.90 Å². The summed E-state index contributed by atoms with van der Waals surface area (Å²) < 4.78 is 0. The lowest BCUT2D eigenvalue weighted by molar-refractivity contribution is -0.0758. The van der Waals surface area contributed by atoms with E-state index in [9.17, 15) is 5.11 Å². The van der Waals surface area contributed by atoms with Gasteiger partial charge in [0.2, 0.25) is 0 Å². The molecule has 0 spiro atoms. The molecule has 2 aromatic rings. The van der Waals surface area contributed by atoms with Crippen molar-refractivity contribution >= 4 is 23.2 Å². The van der Waals surface area contributed by atoms with Gasteiger partial charge in [-0.3, -0.25) is 0 Å². The van der Waals surface area contributed by atoms with Crippen molar-refractivity contribution in [2.75, 3.05) is 14.1 Å². The fourth-order valence-electron chi connectivity index (χ4n) is 4.56. The Hall–Kier alpha value is -1.06. The van der Waals surface area contributed by atoms with E-state index >= 15 is 0 Å². The smallest absolute Gasteiger partial charge is 0.0731 e. The lowest BCUT2D eigenvalue weighted by atomic mass is 9.68. The lowest BCUT2D eigenvalue weighted by Crippen LogP contribution is -2.53. The van der Waals surface area contributed by atoms with Gasteiger partial charge >= 0.3 is 0 Å². The molecule has 0 bridgehead atoms. The molecule has 0 radical (unpaired) electrons. The molecule has 1 fully saturated rings. The standard InChI is InChI=1S/C23H29Cl2NO/c1-26(2)22(15-17-9-3-5-12-20(17)24)19-11-7-8-14-23(19,27)16-18-10-4-6-13-21(18)25/h3-6,9-10,12-13,19,22,27H,7-8,11,14-16H2,1-2H3. The van der Waals surface area contributed by atoms with Crippen LogP contribution in [0.2, 0.25) is 10.0 Å². The summed E-state index contributed by atoms with van der Waals surface area (Å²) in [7, 11) is 4.21. The SMILES string of the molecule is CN(C)C(Cc1ccccc1Cl)C1CCCCC1(O)Cc1ccccc1Cl. The zero-order valence-corrected chi connectivity index (χ0v) is 17.7. The second-order valence-corrected chi connectivity index (χ2v) is 8.86. The molecule has 146 valence electrons. The van der Waals surface area contributed by atoms with Crippen LogP contribution in [-0.4, -0.2) is 35.7 Å². The third-order valence-electron chi connectivity index (χ3n) is 6.03. The van der Waals surface area contributed by atoms with E-state index in [0.717, 1.165) is 53.3 Å². The van der Waals surface area contributed by atoms with Crippen LogP contribution in [-0.2, 0) is 12.8 Å². The lowest BCUT2D eigenvalue weighted by Gasteiger charge is -2.46. The Labute approximate surface area is 173 Å². The molecule has 1 aliphatic rings. The summed E-state index contributed by atoms with van der Waals surface area (Å²) in [4.78, 5) is 2.25. The zero-order valence-electron chi connectivity index (χ0n) is 16.2. The summed E-state index contributed by atoms with van der Waals surface area (Å²) >= 11 is 12.8. The summed E-state index contributed by atoms with van der Waals surface area (Å²) in [5.74, 6) is 0.175. The molecule has 2 aromatic carbocycles. The molecule has 1 saturated carbocycles. The Morgan fingerprint density at radius 3 is 2.19 bits per heavy atom. The van der Waals surface area contributed by atoms with Gasteiger partial charge in [-0.15, -0.1) is 0 Å². The number of hydrogen-bond acceptors (Lipinski definition) is 2. The first-order chi connectivity index (χ1) is 12.9. The van der Waals surface area contributed by atoms with Gasteiger partial charge in [0.25, 0.3) is 0 Å². The zero-order chi connectivity index (χ0) is 19.4. The monoisotopic (exact) mass is 405 g/mol. The summed E-state index contributed by atoms with van der Waals surface area (Å²) in [6.45, 7) is 0. The third-order valence-corrected chi connectivity index (χ3v) is 6.77. The van der Waals surface area contributed by atoms with E-state index in [-0.39, 0.29) is 12.0 Å². The van der Waals surface area contributed by atoms with Crippen molar-refractivity contribution in [2.45, 2.75) is 50.2 Å². The van der Waals surface area contributed by atoms with E-state index in [2.05, 4.69) is 25.1 Å². The van der Waals surface area contributed by atoms with Gasteiger partial charge in [-0.05, 0) is 56.6 Å². The summed E-state index contributed by atoms with van der Waals surface area (Å²) in [5.41, 5.74) is 1.42. The Kier molecular flexibility index (Phi) is 6.86. The Morgan fingerprint density at radius 1 is 1.00 bits per heavy atom. The van der Waals surface area contributed by atoms with Gasteiger partial charge in [-0.1, -0.05) is 72.4 Å². The second kappa shape index (κ2) is 8.96. The number of halogens is 2. The predicted molar refractivity (Wildman–Crippen MR) is 115 cm³/mol. The molecule has 4 heteroatoms. The van der Waals surface area contributed by atoms with Gasteiger partial charge < -0.3 is 10.0 Å². The van der Waals surface area contributed by atoms with Crippen molar-refractivity contribution in [1.29, 1.82) is 0 Å². The van der Waals surface area contributed by atoms with E-state index in [1.165, 1.54) is 0 Å². The molecule has 0 aromatic heterocycles. The number of nitrogens with zero attached hydrogens (tertiary/aromatic N) is 1. The first-order valence-electron chi connectivity index (χ1n) is 9.76. The maximum absolute atomic E-state index is 11.8. The minimum Gasteiger partial charge on any atom is -0.389 e. The molecule has 0 heterocycles. The van der Waals surface area contributed by atoms with Crippen LogP contribution in [0.3, 0.4) is 0 Å². The molecule has 2 nitrogen and oxygen atoms in total. The van der Waals surface area contributed by atoms with Crippen LogP contribution in [0.15, 0.2) is 48.5 Å². The highest BCUT2D eigenvalue weighted by molar-refractivity contribution is 6.31. The minimum absolute atomic E-state index is 0.175. The first kappa shape index (κ1) is 20.7. The quantitative estimate of drug-likeness (QED) is 0.672. The van der Waals surface area contributed by atoms with Gasteiger partial charge in [-0.25, -0.2) is 0 Å². The molecule has 0 amide bonds. The molecule has 3 unspecified atom stereocenters. The number of aliphatic hydroxyl groups is 1. The Balaban J connectivity index is 1.89. The summed E-state index contributed by atoms with van der Waals surface area (Å²) in [6, 6.07) is 16.1. The molecule has 1 aliphatic carbocycles. The highest BCUT2D eigenvalue weighted by Crippen LogP contribution is 2.41. The Morgan fingerprint density at radius 2 is 1.59 bits per heavy atom. The number of likely N-dealkylation sites (N-methyl/N-ethyl adjacent to an activating group) is 1.